The summed E-state index contributed by atoms with van der Waals surface area (Å²) >= 11 is 0. The molecule has 0 atom stereocenters. The van der Waals surface area contributed by atoms with Gasteiger partial charge in [0.05, 0.1) is 0 Å². The van der Waals surface area contributed by atoms with Crippen molar-refractivity contribution in [3.05, 3.63) is 29.8 Å². The number of likely N-dealkylation sites (N-methyl/N-ethyl adjacent to an activating group) is 1. The molecule has 0 unspecified atom stereocenters. The predicted octanol–water partition coefficient (Wildman–Crippen LogP) is 1.32. The minimum absolute atomic E-state index is 0.0270. The summed E-state index contributed by atoms with van der Waals surface area (Å²) in [5.74, 6) is 0.726. The molecule has 21 heavy (non-hydrogen) atoms. The van der Waals surface area contributed by atoms with Gasteiger partial charge in [-0.2, -0.15) is 0 Å². The molecule has 0 aliphatic rings. The zero-order chi connectivity index (χ0) is 15.7. The normalized spacial score (nSPS) is 10.7. The lowest BCUT2D eigenvalue weighted by molar-refractivity contribution is -0.133. The quantitative estimate of drug-likeness (QED) is 0.746. The summed E-state index contributed by atoms with van der Waals surface area (Å²) in [6.07, 6.45) is 0.970. The summed E-state index contributed by atoms with van der Waals surface area (Å²) in [6.45, 7) is 5.03. The third-order valence-electron chi connectivity index (χ3n) is 3.29. The van der Waals surface area contributed by atoms with Crippen LogP contribution in [0, 0.1) is 0 Å². The van der Waals surface area contributed by atoms with Crippen LogP contribution in [0.5, 0.6) is 5.75 Å². The largest absolute Gasteiger partial charge is 0.484 e. The van der Waals surface area contributed by atoms with Gasteiger partial charge in [-0.3, -0.25) is 4.79 Å². The molecule has 1 rings (SSSR count). The van der Waals surface area contributed by atoms with E-state index in [4.69, 9.17) is 10.5 Å². The second-order valence-electron chi connectivity index (χ2n) is 5.27. The van der Waals surface area contributed by atoms with Crippen LogP contribution >= 0.6 is 0 Å². The van der Waals surface area contributed by atoms with Gasteiger partial charge in [0.2, 0.25) is 0 Å². The van der Waals surface area contributed by atoms with Crippen LogP contribution in [0.2, 0.25) is 0 Å². The molecule has 118 valence electrons. The average molecular weight is 293 g/mol. The SMILES string of the molecule is CCN(CCCN(C)C)C(=O)COc1ccc(CN)cc1. The van der Waals surface area contributed by atoms with Crippen LogP contribution in [-0.4, -0.2) is 56.0 Å². The molecule has 0 saturated heterocycles. The lowest BCUT2D eigenvalue weighted by Crippen LogP contribution is -2.36. The van der Waals surface area contributed by atoms with E-state index in [1.54, 1.807) is 0 Å². The minimum atomic E-state index is 0.0270. The van der Waals surface area contributed by atoms with Gasteiger partial charge >= 0.3 is 0 Å². The number of benzene rings is 1. The summed E-state index contributed by atoms with van der Waals surface area (Å²) in [5.41, 5.74) is 6.59. The fourth-order valence-electron chi connectivity index (χ4n) is 2.00. The van der Waals surface area contributed by atoms with Gasteiger partial charge in [-0.25, -0.2) is 0 Å². The highest BCUT2D eigenvalue weighted by Crippen LogP contribution is 2.12. The first-order valence-corrected chi connectivity index (χ1v) is 7.41. The smallest absolute Gasteiger partial charge is 0.260 e. The highest BCUT2D eigenvalue weighted by atomic mass is 16.5. The van der Waals surface area contributed by atoms with Gasteiger partial charge in [-0.1, -0.05) is 12.1 Å². The molecule has 2 N–H and O–H groups in total. The van der Waals surface area contributed by atoms with E-state index in [1.807, 2.05) is 50.2 Å². The first-order valence-electron chi connectivity index (χ1n) is 7.41. The van der Waals surface area contributed by atoms with E-state index in [-0.39, 0.29) is 12.5 Å². The second kappa shape index (κ2) is 9.37. The molecular formula is C16H27N3O2. The molecule has 0 aliphatic heterocycles. The van der Waals surface area contributed by atoms with Crippen LogP contribution in [0.3, 0.4) is 0 Å². The molecule has 0 aliphatic carbocycles. The van der Waals surface area contributed by atoms with Crippen molar-refractivity contribution in [3.63, 3.8) is 0 Å². The predicted molar refractivity (Wildman–Crippen MR) is 85.3 cm³/mol. The van der Waals surface area contributed by atoms with Crippen molar-refractivity contribution in [3.8, 4) is 5.75 Å². The molecule has 5 heteroatoms. The molecular weight excluding hydrogens is 266 g/mol. The van der Waals surface area contributed by atoms with Gasteiger partial charge in [-0.05, 0) is 51.7 Å². The number of nitrogens with two attached hydrogens (primary N) is 1. The number of rotatable bonds is 9. The Morgan fingerprint density at radius 2 is 1.86 bits per heavy atom. The van der Waals surface area contributed by atoms with Crippen molar-refractivity contribution in [2.24, 2.45) is 5.73 Å². The lowest BCUT2D eigenvalue weighted by Gasteiger charge is -2.22. The fraction of sp³-hybridized carbons (Fsp3) is 0.562. The molecule has 1 aromatic rings. The Balaban J connectivity index is 2.38. The van der Waals surface area contributed by atoms with Crippen LogP contribution in [0.4, 0.5) is 0 Å². The molecule has 5 nitrogen and oxygen atoms in total. The van der Waals surface area contributed by atoms with Crippen molar-refractivity contribution in [1.82, 2.24) is 9.80 Å². The van der Waals surface area contributed by atoms with E-state index >= 15 is 0 Å². The van der Waals surface area contributed by atoms with E-state index in [0.29, 0.717) is 18.8 Å². The average Bonchev–Trinajstić information content (AvgIpc) is 2.49. The minimum Gasteiger partial charge on any atom is -0.484 e. The first kappa shape index (κ1) is 17.5. The van der Waals surface area contributed by atoms with Crippen molar-refractivity contribution in [1.29, 1.82) is 0 Å². The highest BCUT2D eigenvalue weighted by molar-refractivity contribution is 5.77. The number of hydrogen-bond acceptors (Lipinski definition) is 4. The topological polar surface area (TPSA) is 58.8 Å². The van der Waals surface area contributed by atoms with E-state index in [1.165, 1.54) is 0 Å². The van der Waals surface area contributed by atoms with Crippen molar-refractivity contribution in [2.45, 2.75) is 19.9 Å². The fourth-order valence-corrected chi connectivity index (χ4v) is 2.00. The van der Waals surface area contributed by atoms with Crippen LogP contribution < -0.4 is 10.5 Å². The summed E-state index contributed by atoms with van der Waals surface area (Å²) in [6, 6.07) is 7.51. The second-order valence-corrected chi connectivity index (χ2v) is 5.27. The molecule has 1 amide bonds. The number of carbonyl (C=O) groups is 1. The van der Waals surface area contributed by atoms with Gasteiger partial charge < -0.3 is 20.3 Å². The lowest BCUT2D eigenvalue weighted by atomic mass is 10.2. The monoisotopic (exact) mass is 293 g/mol. The Morgan fingerprint density at radius 1 is 1.19 bits per heavy atom. The summed E-state index contributed by atoms with van der Waals surface area (Å²) < 4.78 is 5.54. The van der Waals surface area contributed by atoms with Crippen LogP contribution in [0.1, 0.15) is 18.9 Å². The van der Waals surface area contributed by atoms with Crippen molar-refractivity contribution >= 4 is 5.91 Å². The Morgan fingerprint density at radius 3 is 2.38 bits per heavy atom. The van der Waals surface area contributed by atoms with E-state index in [0.717, 1.165) is 25.1 Å². The molecule has 0 aromatic heterocycles. The van der Waals surface area contributed by atoms with Crippen LogP contribution in [0.15, 0.2) is 24.3 Å². The van der Waals surface area contributed by atoms with Crippen molar-refractivity contribution < 1.29 is 9.53 Å². The molecule has 0 saturated carbocycles. The van der Waals surface area contributed by atoms with E-state index in [2.05, 4.69) is 4.90 Å². The van der Waals surface area contributed by atoms with Gasteiger partial charge in [0.15, 0.2) is 6.61 Å². The third-order valence-corrected chi connectivity index (χ3v) is 3.29. The standard InChI is InChI=1S/C16H27N3O2/c1-4-19(11-5-10-18(2)3)16(20)13-21-15-8-6-14(12-17)7-9-15/h6-9H,4-5,10-13,17H2,1-3H3. The van der Waals surface area contributed by atoms with E-state index < -0.39 is 0 Å². The number of amides is 1. The van der Waals surface area contributed by atoms with Gasteiger partial charge in [0.25, 0.3) is 5.91 Å². The molecule has 1 aromatic carbocycles. The maximum Gasteiger partial charge on any atom is 0.260 e. The van der Waals surface area contributed by atoms with Crippen LogP contribution in [-0.2, 0) is 11.3 Å². The van der Waals surface area contributed by atoms with Gasteiger partial charge in [0, 0.05) is 19.6 Å². The summed E-state index contributed by atoms with van der Waals surface area (Å²) in [4.78, 5) is 16.1. The molecule has 0 fully saturated rings. The summed E-state index contributed by atoms with van der Waals surface area (Å²) in [5, 5.41) is 0. The molecule has 0 radical (unpaired) electrons. The molecule has 0 spiro atoms. The zero-order valence-corrected chi connectivity index (χ0v) is 13.3. The third kappa shape index (κ3) is 6.60. The maximum atomic E-state index is 12.1. The van der Waals surface area contributed by atoms with Crippen molar-refractivity contribution in [2.75, 3.05) is 40.3 Å². The Kier molecular flexibility index (Phi) is 7.79. The number of carbonyl (C=O) groups excluding carboxylic acids is 1. The number of ether oxygens (including phenoxy) is 1. The number of hydrogen-bond donors (Lipinski definition) is 1. The number of nitrogens with zero attached hydrogens (tertiary/aromatic N) is 2. The molecule has 0 bridgehead atoms. The first-order chi connectivity index (χ1) is 10.1. The Labute approximate surface area is 127 Å². The Bertz CT molecular complexity index is 418. The highest BCUT2D eigenvalue weighted by Gasteiger charge is 2.12. The summed E-state index contributed by atoms with van der Waals surface area (Å²) in [7, 11) is 4.07. The van der Waals surface area contributed by atoms with E-state index in [9.17, 15) is 4.79 Å². The van der Waals surface area contributed by atoms with Gasteiger partial charge in [-0.15, -0.1) is 0 Å². The van der Waals surface area contributed by atoms with Crippen LogP contribution in [0.25, 0.3) is 0 Å². The van der Waals surface area contributed by atoms with Gasteiger partial charge in [0.1, 0.15) is 5.75 Å². The Hall–Kier alpha value is -1.59. The maximum absolute atomic E-state index is 12.1. The zero-order valence-electron chi connectivity index (χ0n) is 13.3. The molecule has 0 heterocycles.